The summed E-state index contributed by atoms with van der Waals surface area (Å²) in [4.78, 5) is 15.6. The lowest BCUT2D eigenvalue weighted by Gasteiger charge is -2.13. The summed E-state index contributed by atoms with van der Waals surface area (Å²) in [5, 5.41) is 5.96. The minimum atomic E-state index is 0.0305. The van der Waals surface area contributed by atoms with E-state index < -0.39 is 0 Å². The third-order valence-corrected chi connectivity index (χ3v) is 2.39. The lowest BCUT2D eigenvalue weighted by atomic mass is 10.3. The molecule has 1 unspecified atom stereocenters. The van der Waals surface area contributed by atoms with Gasteiger partial charge in [0.15, 0.2) is 0 Å². The summed E-state index contributed by atoms with van der Waals surface area (Å²) in [5.74, 6) is 0.964. The summed E-state index contributed by atoms with van der Waals surface area (Å²) in [5.41, 5.74) is 0. The van der Waals surface area contributed by atoms with Crippen molar-refractivity contribution < 1.29 is 4.79 Å². The predicted molar refractivity (Wildman–Crippen MR) is 62.9 cm³/mol. The fraction of sp³-hybridized carbons (Fsp3) is 0.636. The maximum absolute atomic E-state index is 11.4. The Balaban J connectivity index is 2.33. The SMILES string of the molecule is CCCNC(=O)CNC(C)c1nccn1C. The molecule has 0 spiro atoms. The van der Waals surface area contributed by atoms with Gasteiger partial charge in [0.05, 0.1) is 12.6 Å². The number of carbonyl (C=O) groups is 1. The fourth-order valence-electron chi connectivity index (χ4n) is 1.46. The van der Waals surface area contributed by atoms with Crippen LogP contribution in [0.3, 0.4) is 0 Å². The number of imidazole rings is 1. The second kappa shape index (κ2) is 6.27. The highest BCUT2D eigenvalue weighted by atomic mass is 16.1. The summed E-state index contributed by atoms with van der Waals surface area (Å²) < 4.78 is 1.95. The van der Waals surface area contributed by atoms with Crippen LogP contribution in [0.4, 0.5) is 0 Å². The molecule has 0 saturated carbocycles. The van der Waals surface area contributed by atoms with E-state index in [4.69, 9.17) is 0 Å². The second-order valence-corrected chi connectivity index (χ2v) is 3.85. The maximum Gasteiger partial charge on any atom is 0.233 e. The molecule has 0 radical (unpaired) electrons. The largest absolute Gasteiger partial charge is 0.355 e. The summed E-state index contributed by atoms with van der Waals surface area (Å²) in [6, 6.07) is 0.0763. The molecule has 0 aliphatic heterocycles. The molecule has 0 aromatic carbocycles. The van der Waals surface area contributed by atoms with E-state index in [0.29, 0.717) is 6.54 Å². The third kappa shape index (κ3) is 3.66. The van der Waals surface area contributed by atoms with Crippen molar-refractivity contribution in [1.82, 2.24) is 20.2 Å². The number of carbonyl (C=O) groups excluding carboxylic acids is 1. The lowest BCUT2D eigenvalue weighted by molar-refractivity contribution is -0.120. The topological polar surface area (TPSA) is 59.0 Å². The van der Waals surface area contributed by atoms with Gasteiger partial charge < -0.3 is 9.88 Å². The van der Waals surface area contributed by atoms with Gasteiger partial charge in [0.2, 0.25) is 5.91 Å². The predicted octanol–water partition coefficient (Wildman–Crippen LogP) is 0.597. The molecule has 1 atom stereocenters. The van der Waals surface area contributed by atoms with Crippen molar-refractivity contribution in [2.75, 3.05) is 13.1 Å². The van der Waals surface area contributed by atoms with E-state index in [1.54, 1.807) is 6.20 Å². The van der Waals surface area contributed by atoms with E-state index >= 15 is 0 Å². The number of nitrogens with one attached hydrogen (secondary N) is 2. The number of amides is 1. The van der Waals surface area contributed by atoms with Crippen LogP contribution in [-0.4, -0.2) is 28.5 Å². The molecule has 5 nitrogen and oxygen atoms in total. The Labute approximate surface area is 96.3 Å². The zero-order chi connectivity index (χ0) is 12.0. The number of aryl methyl sites for hydroxylation is 1. The molecule has 0 saturated heterocycles. The van der Waals surface area contributed by atoms with E-state index in [1.807, 2.05) is 31.7 Å². The molecule has 1 amide bonds. The Morgan fingerprint density at radius 2 is 2.38 bits per heavy atom. The Bertz CT molecular complexity index is 334. The molecule has 1 aromatic rings. The van der Waals surface area contributed by atoms with E-state index in [2.05, 4.69) is 15.6 Å². The number of aromatic nitrogens is 2. The van der Waals surface area contributed by atoms with Crippen LogP contribution in [0.1, 0.15) is 32.1 Å². The van der Waals surface area contributed by atoms with Gasteiger partial charge in [-0.15, -0.1) is 0 Å². The van der Waals surface area contributed by atoms with Crippen LogP contribution in [0.2, 0.25) is 0 Å². The number of hydrogen-bond donors (Lipinski definition) is 2. The Morgan fingerprint density at radius 1 is 1.62 bits per heavy atom. The second-order valence-electron chi connectivity index (χ2n) is 3.85. The molecule has 90 valence electrons. The van der Waals surface area contributed by atoms with Crippen LogP contribution in [0, 0.1) is 0 Å². The van der Waals surface area contributed by atoms with Crippen molar-refractivity contribution in [3.05, 3.63) is 18.2 Å². The molecular formula is C11H20N4O. The van der Waals surface area contributed by atoms with Gasteiger partial charge in [0.1, 0.15) is 5.82 Å². The van der Waals surface area contributed by atoms with Gasteiger partial charge in [-0.25, -0.2) is 4.98 Å². The van der Waals surface area contributed by atoms with Gasteiger partial charge in [-0.2, -0.15) is 0 Å². The van der Waals surface area contributed by atoms with Gasteiger partial charge in [0, 0.05) is 26.0 Å². The van der Waals surface area contributed by atoms with Crippen molar-refractivity contribution in [3.63, 3.8) is 0 Å². The van der Waals surface area contributed by atoms with E-state index in [0.717, 1.165) is 18.8 Å². The van der Waals surface area contributed by atoms with Crippen LogP contribution < -0.4 is 10.6 Å². The van der Waals surface area contributed by atoms with Crippen LogP contribution in [-0.2, 0) is 11.8 Å². The van der Waals surface area contributed by atoms with Gasteiger partial charge in [-0.3, -0.25) is 10.1 Å². The molecule has 16 heavy (non-hydrogen) atoms. The average Bonchev–Trinajstić information content (AvgIpc) is 2.69. The molecule has 1 heterocycles. The smallest absolute Gasteiger partial charge is 0.233 e. The summed E-state index contributed by atoms with van der Waals surface area (Å²) in [7, 11) is 1.94. The summed E-state index contributed by atoms with van der Waals surface area (Å²) in [6.07, 6.45) is 4.61. The monoisotopic (exact) mass is 224 g/mol. The van der Waals surface area contributed by atoms with Gasteiger partial charge in [-0.1, -0.05) is 6.92 Å². The molecule has 0 aliphatic rings. The highest BCUT2D eigenvalue weighted by Gasteiger charge is 2.10. The van der Waals surface area contributed by atoms with Crippen LogP contribution in [0.25, 0.3) is 0 Å². The van der Waals surface area contributed by atoms with Gasteiger partial charge >= 0.3 is 0 Å². The molecule has 0 bridgehead atoms. The molecule has 1 rings (SSSR count). The number of hydrogen-bond acceptors (Lipinski definition) is 3. The lowest BCUT2D eigenvalue weighted by Crippen LogP contribution is -2.35. The quantitative estimate of drug-likeness (QED) is 0.744. The Morgan fingerprint density at radius 3 is 2.94 bits per heavy atom. The van der Waals surface area contributed by atoms with Gasteiger partial charge in [-0.05, 0) is 13.3 Å². The molecule has 0 fully saturated rings. The van der Waals surface area contributed by atoms with E-state index in [9.17, 15) is 4.79 Å². The van der Waals surface area contributed by atoms with Crippen molar-refractivity contribution in [2.45, 2.75) is 26.3 Å². The first-order valence-electron chi connectivity index (χ1n) is 5.62. The third-order valence-electron chi connectivity index (χ3n) is 2.39. The zero-order valence-corrected chi connectivity index (χ0v) is 10.2. The first kappa shape index (κ1) is 12.7. The molecular weight excluding hydrogens is 204 g/mol. The summed E-state index contributed by atoms with van der Waals surface area (Å²) in [6.45, 7) is 5.09. The highest BCUT2D eigenvalue weighted by Crippen LogP contribution is 2.07. The number of rotatable bonds is 6. The standard InChI is InChI=1S/C11H20N4O/c1-4-5-12-10(16)8-14-9(2)11-13-6-7-15(11)3/h6-7,9,14H,4-5,8H2,1-3H3,(H,12,16). The van der Waals surface area contributed by atoms with E-state index in [1.165, 1.54) is 0 Å². The molecule has 0 aliphatic carbocycles. The van der Waals surface area contributed by atoms with Crippen molar-refractivity contribution >= 4 is 5.91 Å². The Hall–Kier alpha value is -1.36. The summed E-state index contributed by atoms with van der Waals surface area (Å²) >= 11 is 0. The minimum absolute atomic E-state index is 0.0305. The fourth-order valence-corrected chi connectivity index (χ4v) is 1.46. The minimum Gasteiger partial charge on any atom is -0.355 e. The van der Waals surface area contributed by atoms with Crippen LogP contribution in [0.15, 0.2) is 12.4 Å². The van der Waals surface area contributed by atoms with Crippen molar-refractivity contribution in [1.29, 1.82) is 0 Å². The number of nitrogens with zero attached hydrogens (tertiary/aromatic N) is 2. The zero-order valence-electron chi connectivity index (χ0n) is 10.2. The average molecular weight is 224 g/mol. The first-order chi connectivity index (χ1) is 7.65. The van der Waals surface area contributed by atoms with Crippen LogP contribution >= 0.6 is 0 Å². The van der Waals surface area contributed by atoms with Crippen molar-refractivity contribution in [3.8, 4) is 0 Å². The highest BCUT2D eigenvalue weighted by molar-refractivity contribution is 5.77. The van der Waals surface area contributed by atoms with Crippen molar-refractivity contribution in [2.24, 2.45) is 7.05 Å². The normalized spacial score (nSPS) is 12.4. The van der Waals surface area contributed by atoms with E-state index in [-0.39, 0.29) is 11.9 Å². The Kier molecular flexibility index (Phi) is 4.98. The molecule has 2 N–H and O–H groups in total. The van der Waals surface area contributed by atoms with Gasteiger partial charge in [0.25, 0.3) is 0 Å². The van der Waals surface area contributed by atoms with Crippen LogP contribution in [0.5, 0.6) is 0 Å². The molecule has 1 aromatic heterocycles. The first-order valence-corrected chi connectivity index (χ1v) is 5.62. The molecule has 5 heteroatoms. The maximum atomic E-state index is 11.4.